The number of hydrogen-bond acceptors (Lipinski definition) is 5. The average Bonchev–Trinajstić information content (AvgIpc) is 2.76. The lowest BCUT2D eigenvalue weighted by atomic mass is 10.2. The van der Waals surface area contributed by atoms with Gasteiger partial charge in [0.05, 0.1) is 10.8 Å². The molecule has 0 atom stereocenters. The summed E-state index contributed by atoms with van der Waals surface area (Å²) in [5, 5.41) is 9.25. The van der Waals surface area contributed by atoms with Crippen molar-refractivity contribution in [2.24, 2.45) is 0 Å². The number of nitrogens with zero attached hydrogens (tertiary/aromatic N) is 2. The van der Waals surface area contributed by atoms with E-state index in [0.717, 1.165) is 5.56 Å². The molecule has 0 spiro atoms. The number of sulfone groups is 1. The molecule has 1 aromatic carbocycles. The zero-order valence-electron chi connectivity index (χ0n) is 8.92. The molecular formula is C10H9ClN2O2S2. The third kappa shape index (κ3) is 2.83. The van der Waals surface area contributed by atoms with Crippen molar-refractivity contribution in [3.05, 3.63) is 29.3 Å². The van der Waals surface area contributed by atoms with Gasteiger partial charge >= 0.3 is 0 Å². The van der Waals surface area contributed by atoms with Crippen LogP contribution < -0.4 is 0 Å². The molecule has 0 aliphatic rings. The molecule has 17 heavy (non-hydrogen) atoms. The number of benzene rings is 1. The van der Waals surface area contributed by atoms with E-state index in [0.29, 0.717) is 15.9 Å². The second-order valence-electron chi connectivity index (χ2n) is 3.43. The zero-order chi connectivity index (χ0) is 12.5. The average molecular weight is 289 g/mol. The van der Waals surface area contributed by atoms with E-state index in [1.165, 1.54) is 17.6 Å². The Bertz CT molecular complexity index is 637. The lowest BCUT2D eigenvalue weighted by Gasteiger charge is -2.00. The predicted octanol–water partition coefficient (Wildman–Crippen LogP) is 2.35. The second kappa shape index (κ2) is 4.72. The van der Waals surface area contributed by atoms with Gasteiger partial charge in [-0.2, -0.15) is 0 Å². The van der Waals surface area contributed by atoms with Crippen LogP contribution in [0.3, 0.4) is 0 Å². The number of aromatic nitrogens is 2. The Morgan fingerprint density at radius 1 is 1.35 bits per heavy atom. The Labute approximate surface area is 108 Å². The number of hydrogen-bond donors (Lipinski definition) is 0. The molecule has 0 N–H and O–H groups in total. The molecule has 1 heterocycles. The number of alkyl halides is 1. The van der Waals surface area contributed by atoms with Gasteiger partial charge in [-0.25, -0.2) is 8.42 Å². The van der Waals surface area contributed by atoms with Gasteiger partial charge in [-0.05, 0) is 12.1 Å². The highest BCUT2D eigenvalue weighted by molar-refractivity contribution is 7.90. The van der Waals surface area contributed by atoms with Crippen molar-refractivity contribution in [1.82, 2.24) is 10.2 Å². The summed E-state index contributed by atoms with van der Waals surface area (Å²) >= 11 is 7.00. The van der Waals surface area contributed by atoms with Gasteiger partial charge < -0.3 is 0 Å². The SMILES string of the molecule is CS(=O)(=O)c1cccc(-c2nnc(CCl)s2)c1. The monoisotopic (exact) mass is 288 g/mol. The van der Waals surface area contributed by atoms with E-state index < -0.39 is 9.84 Å². The molecule has 0 aliphatic heterocycles. The maximum atomic E-state index is 11.4. The highest BCUT2D eigenvalue weighted by Gasteiger charge is 2.11. The summed E-state index contributed by atoms with van der Waals surface area (Å²) in [5.41, 5.74) is 0.738. The molecule has 2 aromatic rings. The van der Waals surface area contributed by atoms with Gasteiger partial charge in [0.2, 0.25) is 0 Å². The first kappa shape index (κ1) is 12.5. The largest absolute Gasteiger partial charge is 0.224 e. The van der Waals surface area contributed by atoms with E-state index >= 15 is 0 Å². The van der Waals surface area contributed by atoms with Crippen molar-refractivity contribution in [1.29, 1.82) is 0 Å². The van der Waals surface area contributed by atoms with Gasteiger partial charge in [-0.15, -0.1) is 21.8 Å². The summed E-state index contributed by atoms with van der Waals surface area (Å²) in [5.74, 6) is 0.309. The Hall–Kier alpha value is -0.980. The van der Waals surface area contributed by atoms with Gasteiger partial charge in [-0.1, -0.05) is 23.5 Å². The van der Waals surface area contributed by atoms with Crippen LogP contribution in [0.25, 0.3) is 10.6 Å². The minimum atomic E-state index is -3.20. The third-order valence-electron chi connectivity index (χ3n) is 2.09. The molecule has 4 nitrogen and oxygen atoms in total. The topological polar surface area (TPSA) is 59.9 Å². The maximum Gasteiger partial charge on any atom is 0.175 e. The van der Waals surface area contributed by atoms with Gasteiger partial charge in [0.25, 0.3) is 0 Å². The molecule has 0 amide bonds. The molecule has 7 heteroatoms. The van der Waals surface area contributed by atoms with Crippen molar-refractivity contribution in [2.45, 2.75) is 10.8 Å². The molecule has 0 unspecified atom stereocenters. The lowest BCUT2D eigenvalue weighted by molar-refractivity contribution is 0.602. The van der Waals surface area contributed by atoms with E-state index in [1.54, 1.807) is 24.3 Å². The van der Waals surface area contributed by atoms with E-state index in [9.17, 15) is 8.42 Å². The molecule has 0 bridgehead atoms. The summed E-state index contributed by atoms with van der Waals surface area (Å²) in [6, 6.07) is 6.64. The smallest absolute Gasteiger partial charge is 0.175 e. The molecule has 0 saturated heterocycles. The fourth-order valence-corrected chi connectivity index (χ4v) is 2.85. The first-order chi connectivity index (χ1) is 8.00. The number of rotatable bonds is 3. The molecule has 0 radical (unpaired) electrons. The Balaban J connectivity index is 2.46. The van der Waals surface area contributed by atoms with E-state index in [2.05, 4.69) is 10.2 Å². The normalized spacial score (nSPS) is 11.6. The molecule has 1 aromatic heterocycles. The van der Waals surface area contributed by atoms with Crippen molar-refractivity contribution in [3.8, 4) is 10.6 Å². The first-order valence-electron chi connectivity index (χ1n) is 4.69. The van der Waals surface area contributed by atoms with Crippen LogP contribution in [0.1, 0.15) is 5.01 Å². The minimum Gasteiger partial charge on any atom is -0.224 e. The quantitative estimate of drug-likeness (QED) is 0.814. The van der Waals surface area contributed by atoms with Crippen molar-refractivity contribution in [2.75, 3.05) is 6.26 Å². The van der Waals surface area contributed by atoms with Gasteiger partial charge in [0.15, 0.2) is 9.84 Å². The highest BCUT2D eigenvalue weighted by Crippen LogP contribution is 2.26. The third-order valence-corrected chi connectivity index (χ3v) is 4.58. The van der Waals surface area contributed by atoms with Crippen LogP contribution in [0.5, 0.6) is 0 Å². The molecule has 0 saturated carbocycles. The van der Waals surface area contributed by atoms with Gasteiger partial charge in [0.1, 0.15) is 10.0 Å². The lowest BCUT2D eigenvalue weighted by Crippen LogP contribution is -1.96. The molecule has 90 valence electrons. The Morgan fingerprint density at radius 2 is 2.12 bits per heavy atom. The summed E-state index contributed by atoms with van der Waals surface area (Å²) in [7, 11) is -3.20. The summed E-state index contributed by atoms with van der Waals surface area (Å²) in [4.78, 5) is 0.276. The van der Waals surface area contributed by atoms with Crippen molar-refractivity contribution in [3.63, 3.8) is 0 Å². The van der Waals surface area contributed by atoms with Crippen LogP contribution in [0.15, 0.2) is 29.2 Å². The summed E-state index contributed by atoms with van der Waals surface area (Å²) in [6.45, 7) is 0. The highest BCUT2D eigenvalue weighted by atomic mass is 35.5. The van der Waals surface area contributed by atoms with Crippen LogP contribution in [-0.4, -0.2) is 24.9 Å². The van der Waals surface area contributed by atoms with Crippen molar-refractivity contribution < 1.29 is 8.42 Å². The van der Waals surface area contributed by atoms with E-state index in [4.69, 9.17) is 11.6 Å². The summed E-state index contributed by atoms with van der Waals surface area (Å²) < 4.78 is 22.8. The standard InChI is InChI=1S/C10H9ClN2O2S2/c1-17(14,15)8-4-2-3-7(5-8)10-13-12-9(6-11)16-10/h2-5H,6H2,1H3. The van der Waals surface area contributed by atoms with Crippen molar-refractivity contribution >= 4 is 32.8 Å². The van der Waals surface area contributed by atoms with E-state index in [1.807, 2.05) is 0 Å². The maximum absolute atomic E-state index is 11.4. The van der Waals surface area contributed by atoms with E-state index in [-0.39, 0.29) is 4.90 Å². The Kier molecular flexibility index (Phi) is 3.46. The first-order valence-corrected chi connectivity index (χ1v) is 7.94. The molecule has 2 rings (SSSR count). The second-order valence-corrected chi connectivity index (χ2v) is 6.78. The zero-order valence-corrected chi connectivity index (χ0v) is 11.3. The van der Waals surface area contributed by atoms with Crippen LogP contribution in [0.4, 0.5) is 0 Å². The summed E-state index contributed by atoms with van der Waals surface area (Å²) in [6.07, 6.45) is 1.18. The fraction of sp³-hybridized carbons (Fsp3) is 0.200. The predicted molar refractivity (Wildman–Crippen MR) is 68.0 cm³/mol. The van der Waals surface area contributed by atoms with Gasteiger partial charge in [-0.3, -0.25) is 0 Å². The van der Waals surface area contributed by atoms with Crippen LogP contribution in [0.2, 0.25) is 0 Å². The molecule has 0 aliphatic carbocycles. The van der Waals surface area contributed by atoms with Crippen LogP contribution in [-0.2, 0) is 15.7 Å². The fourth-order valence-electron chi connectivity index (χ4n) is 1.28. The van der Waals surface area contributed by atoms with Gasteiger partial charge in [0, 0.05) is 11.8 Å². The van der Waals surface area contributed by atoms with Crippen LogP contribution in [0, 0.1) is 0 Å². The van der Waals surface area contributed by atoms with Crippen LogP contribution >= 0.6 is 22.9 Å². The molecule has 0 fully saturated rings. The number of halogens is 1. The Morgan fingerprint density at radius 3 is 2.71 bits per heavy atom. The minimum absolute atomic E-state index is 0.276. The molecular weight excluding hydrogens is 280 g/mol.